The first kappa shape index (κ1) is 16.8. The summed E-state index contributed by atoms with van der Waals surface area (Å²) in [6.45, 7) is 0.786. The third-order valence-corrected chi connectivity index (χ3v) is 6.36. The molecule has 3 nitrogen and oxygen atoms in total. The second kappa shape index (κ2) is 7.72. The maximum atomic E-state index is 12.9. The predicted molar refractivity (Wildman–Crippen MR) is 103 cm³/mol. The van der Waals surface area contributed by atoms with E-state index in [1.165, 1.54) is 69.9 Å². The maximum Gasteiger partial charge on any atom is 0.274 e. The van der Waals surface area contributed by atoms with Crippen molar-refractivity contribution in [3.63, 3.8) is 0 Å². The fourth-order valence-electron chi connectivity index (χ4n) is 4.87. The summed E-state index contributed by atoms with van der Waals surface area (Å²) in [4.78, 5) is 12.9. The molecule has 4 rings (SSSR count). The SMILES string of the molecule is O=c1c2ccccc2c(C2CCCCC2)nn1CCC1CCCCC1. The van der Waals surface area contributed by atoms with Gasteiger partial charge in [0.1, 0.15) is 0 Å². The second-order valence-electron chi connectivity index (χ2n) is 8.09. The Morgan fingerprint density at radius 2 is 1.52 bits per heavy atom. The highest BCUT2D eigenvalue weighted by Gasteiger charge is 2.22. The molecule has 134 valence electrons. The van der Waals surface area contributed by atoms with Crippen molar-refractivity contribution in [2.75, 3.05) is 0 Å². The van der Waals surface area contributed by atoms with Crippen LogP contribution >= 0.6 is 0 Å². The average molecular weight is 338 g/mol. The van der Waals surface area contributed by atoms with Crippen molar-refractivity contribution in [2.45, 2.75) is 83.1 Å². The fraction of sp³-hybridized carbons (Fsp3) is 0.636. The Bertz CT molecular complexity index is 767. The van der Waals surface area contributed by atoms with Crippen LogP contribution in [0.3, 0.4) is 0 Å². The van der Waals surface area contributed by atoms with E-state index in [9.17, 15) is 4.79 Å². The van der Waals surface area contributed by atoms with Gasteiger partial charge in [0.2, 0.25) is 0 Å². The number of nitrogens with zero attached hydrogens (tertiary/aromatic N) is 2. The summed E-state index contributed by atoms with van der Waals surface area (Å²) in [5.41, 5.74) is 1.28. The first-order valence-electron chi connectivity index (χ1n) is 10.3. The van der Waals surface area contributed by atoms with E-state index in [0.29, 0.717) is 5.92 Å². The zero-order valence-electron chi connectivity index (χ0n) is 15.3. The molecule has 0 atom stereocenters. The van der Waals surface area contributed by atoms with E-state index >= 15 is 0 Å². The van der Waals surface area contributed by atoms with Crippen LogP contribution < -0.4 is 5.56 Å². The molecule has 0 aliphatic heterocycles. The number of benzene rings is 1. The van der Waals surface area contributed by atoms with E-state index < -0.39 is 0 Å². The Labute approximate surface area is 150 Å². The summed E-state index contributed by atoms with van der Waals surface area (Å²) >= 11 is 0. The molecule has 0 N–H and O–H groups in total. The molecule has 1 aromatic heterocycles. The lowest BCUT2D eigenvalue weighted by molar-refractivity contribution is 0.314. The first-order valence-corrected chi connectivity index (χ1v) is 10.3. The third kappa shape index (κ3) is 3.65. The molecule has 25 heavy (non-hydrogen) atoms. The Morgan fingerprint density at radius 1 is 0.880 bits per heavy atom. The normalized spacial score (nSPS) is 20.2. The molecule has 2 saturated carbocycles. The van der Waals surface area contributed by atoms with Crippen LogP contribution in [0.15, 0.2) is 29.1 Å². The van der Waals surface area contributed by atoms with Gasteiger partial charge in [-0.2, -0.15) is 5.10 Å². The molecule has 0 bridgehead atoms. The van der Waals surface area contributed by atoms with E-state index in [2.05, 4.69) is 6.07 Å². The minimum atomic E-state index is 0.103. The van der Waals surface area contributed by atoms with Gasteiger partial charge in [0, 0.05) is 17.8 Å². The van der Waals surface area contributed by atoms with Gasteiger partial charge in [-0.15, -0.1) is 0 Å². The minimum Gasteiger partial charge on any atom is -0.267 e. The smallest absolute Gasteiger partial charge is 0.267 e. The molecule has 0 radical (unpaired) electrons. The van der Waals surface area contributed by atoms with Gasteiger partial charge in [0.15, 0.2) is 0 Å². The second-order valence-corrected chi connectivity index (χ2v) is 8.09. The predicted octanol–water partition coefficient (Wildman–Crippen LogP) is 5.41. The van der Waals surface area contributed by atoms with Crippen LogP contribution in [0.2, 0.25) is 0 Å². The molecular weight excluding hydrogens is 308 g/mol. The zero-order valence-corrected chi connectivity index (χ0v) is 15.3. The van der Waals surface area contributed by atoms with Gasteiger partial charge in [0.05, 0.1) is 11.1 Å². The molecule has 1 aromatic carbocycles. The number of fused-ring (bicyclic) bond motifs is 1. The van der Waals surface area contributed by atoms with E-state index in [1.807, 2.05) is 18.2 Å². The number of rotatable bonds is 4. The molecule has 2 aliphatic carbocycles. The van der Waals surface area contributed by atoms with Crippen LogP contribution in [0, 0.1) is 5.92 Å². The summed E-state index contributed by atoms with van der Waals surface area (Å²) < 4.78 is 1.79. The van der Waals surface area contributed by atoms with E-state index in [1.54, 1.807) is 4.68 Å². The van der Waals surface area contributed by atoms with Gasteiger partial charge in [0.25, 0.3) is 5.56 Å². The average Bonchev–Trinajstić information content (AvgIpc) is 2.69. The summed E-state index contributed by atoms with van der Waals surface area (Å²) in [5, 5.41) is 6.87. The fourth-order valence-corrected chi connectivity index (χ4v) is 4.87. The summed E-state index contributed by atoms with van der Waals surface area (Å²) in [7, 11) is 0. The molecule has 3 heteroatoms. The van der Waals surface area contributed by atoms with E-state index in [4.69, 9.17) is 5.10 Å². The summed E-state index contributed by atoms with van der Waals surface area (Å²) in [6.07, 6.45) is 14.2. The molecule has 0 amide bonds. The molecule has 2 fully saturated rings. The topological polar surface area (TPSA) is 34.9 Å². The number of hydrogen-bond donors (Lipinski definition) is 0. The number of aryl methyl sites for hydroxylation is 1. The van der Waals surface area contributed by atoms with Gasteiger partial charge < -0.3 is 0 Å². The van der Waals surface area contributed by atoms with Crippen molar-refractivity contribution in [3.05, 3.63) is 40.3 Å². The van der Waals surface area contributed by atoms with Gasteiger partial charge >= 0.3 is 0 Å². The van der Waals surface area contributed by atoms with Gasteiger partial charge in [-0.3, -0.25) is 4.79 Å². The van der Waals surface area contributed by atoms with Crippen LogP contribution in [-0.4, -0.2) is 9.78 Å². The monoisotopic (exact) mass is 338 g/mol. The van der Waals surface area contributed by atoms with Crippen molar-refractivity contribution in [2.24, 2.45) is 5.92 Å². The standard InChI is InChI=1S/C22H30N2O/c25-22-20-14-8-7-13-19(20)21(18-11-5-2-6-12-18)23-24(22)16-15-17-9-3-1-4-10-17/h7-8,13-14,17-18H,1-6,9-12,15-16H2. The Balaban J connectivity index is 1.66. The van der Waals surface area contributed by atoms with E-state index in [0.717, 1.165) is 29.7 Å². The third-order valence-electron chi connectivity index (χ3n) is 6.36. The van der Waals surface area contributed by atoms with Gasteiger partial charge in [-0.25, -0.2) is 4.68 Å². The summed E-state index contributed by atoms with van der Waals surface area (Å²) in [6, 6.07) is 8.12. The van der Waals surface area contributed by atoms with E-state index in [-0.39, 0.29) is 5.56 Å². The highest BCUT2D eigenvalue weighted by Crippen LogP contribution is 2.34. The molecule has 0 unspecified atom stereocenters. The van der Waals surface area contributed by atoms with Crippen molar-refractivity contribution >= 4 is 10.8 Å². The Kier molecular flexibility index (Phi) is 5.19. The van der Waals surface area contributed by atoms with Crippen LogP contribution in [0.1, 0.15) is 82.2 Å². The minimum absolute atomic E-state index is 0.103. The molecule has 0 spiro atoms. The molecular formula is C22H30N2O. The van der Waals surface area contributed by atoms with Crippen molar-refractivity contribution in [1.82, 2.24) is 9.78 Å². The summed E-state index contributed by atoms with van der Waals surface area (Å²) in [5.74, 6) is 1.31. The highest BCUT2D eigenvalue weighted by molar-refractivity contribution is 5.83. The first-order chi connectivity index (χ1) is 12.3. The van der Waals surface area contributed by atoms with Crippen molar-refractivity contribution < 1.29 is 0 Å². The van der Waals surface area contributed by atoms with Gasteiger partial charge in [-0.1, -0.05) is 69.6 Å². The molecule has 2 aromatic rings. The lowest BCUT2D eigenvalue weighted by atomic mass is 9.85. The lowest BCUT2D eigenvalue weighted by Crippen LogP contribution is -2.27. The van der Waals surface area contributed by atoms with Crippen LogP contribution in [0.5, 0.6) is 0 Å². The quantitative estimate of drug-likeness (QED) is 0.746. The molecule has 2 aliphatic rings. The van der Waals surface area contributed by atoms with Crippen molar-refractivity contribution in [1.29, 1.82) is 0 Å². The van der Waals surface area contributed by atoms with Gasteiger partial charge in [-0.05, 0) is 31.2 Å². The zero-order chi connectivity index (χ0) is 17.1. The molecule has 0 saturated heterocycles. The number of hydrogen-bond acceptors (Lipinski definition) is 2. The largest absolute Gasteiger partial charge is 0.274 e. The Hall–Kier alpha value is -1.64. The van der Waals surface area contributed by atoms with Crippen LogP contribution in [-0.2, 0) is 6.54 Å². The van der Waals surface area contributed by atoms with Crippen molar-refractivity contribution in [3.8, 4) is 0 Å². The lowest BCUT2D eigenvalue weighted by Gasteiger charge is -2.24. The highest BCUT2D eigenvalue weighted by atomic mass is 16.1. The Morgan fingerprint density at radius 3 is 2.24 bits per heavy atom. The van der Waals surface area contributed by atoms with Crippen LogP contribution in [0.25, 0.3) is 10.8 Å². The van der Waals surface area contributed by atoms with Crippen LogP contribution in [0.4, 0.5) is 0 Å². The molecule has 1 heterocycles. The maximum absolute atomic E-state index is 12.9. The number of aromatic nitrogens is 2.